The van der Waals surface area contributed by atoms with Crippen molar-refractivity contribution in [2.75, 3.05) is 6.54 Å². The molecule has 0 bridgehead atoms. The molecule has 2 rings (SSSR count). The Kier molecular flexibility index (Phi) is 5.80. The van der Waals surface area contributed by atoms with Crippen LogP contribution in [0.3, 0.4) is 0 Å². The van der Waals surface area contributed by atoms with Gasteiger partial charge in [0.2, 0.25) is 0 Å². The van der Waals surface area contributed by atoms with Crippen LogP contribution in [0, 0.1) is 12.8 Å². The third kappa shape index (κ3) is 4.12. The third-order valence-electron chi connectivity index (χ3n) is 4.21. The number of aliphatic hydroxyl groups excluding tert-OH is 1. The molecule has 2 atom stereocenters. The first-order valence-electron chi connectivity index (χ1n) is 8.13. The number of hydrogen-bond donors (Lipinski definition) is 2. The van der Waals surface area contributed by atoms with E-state index in [-0.39, 0.29) is 11.7 Å². The molecule has 0 saturated heterocycles. The Morgan fingerprint density at radius 3 is 2.48 bits per heavy atom. The summed E-state index contributed by atoms with van der Waals surface area (Å²) in [6.45, 7) is 7.19. The second-order valence-electron chi connectivity index (χ2n) is 6.36. The van der Waals surface area contributed by atoms with Gasteiger partial charge in [-0.15, -0.1) is 0 Å². The average Bonchev–Trinajstić information content (AvgIpc) is 2.71. The van der Waals surface area contributed by atoms with Crippen molar-refractivity contribution in [1.82, 2.24) is 14.7 Å². The number of rotatable bonds is 7. The van der Waals surface area contributed by atoms with Gasteiger partial charge >= 0.3 is 0 Å². The van der Waals surface area contributed by atoms with Crippen molar-refractivity contribution in [3.63, 3.8) is 0 Å². The lowest BCUT2D eigenvalue weighted by molar-refractivity contribution is 0.163. The van der Waals surface area contributed by atoms with Gasteiger partial charge in [-0.1, -0.05) is 25.1 Å². The average molecular weight is 317 g/mol. The molecule has 0 radical (unpaired) electrons. The summed E-state index contributed by atoms with van der Waals surface area (Å²) in [6, 6.07) is 9.67. The van der Waals surface area contributed by atoms with Gasteiger partial charge in [0.25, 0.3) is 5.56 Å². The molecule has 126 valence electrons. The molecular weight excluding hydrogens is 290 g/mol. The van der Waals surface area contributed by atoms with Crippen molar-refractivity contribution in [3.8, 4) is 5.69 Å². The summed E-state index contributed by atoms with van der Waals surface area (Å²) < 4.78 is 3.60. The van der Waals surface area contributed by atoms with Gasteiger partial charge in [-0.25, -0.2) is 4.68 Å². The van der Waals surface area contributed by atoms with E-state index in [1.54, 1.807) is 11.6 Å². The Bertz CT molecular complexity index is 686. The summed E-state index contributed by atoms with van der Waals surface area (Å²) in [5.74, 6) is 0.371. The van der Waals surface area contributed by atoms with Gasteiger partial charge in [0.05, 0.1) is 17.4 Å². The SMILES string of the molecule is Cc1c(CNCC(C)CC(C)O)c(=O)n(-c2ccccc2)n1C. The Balaban J connectivity index is 2.14. The number of para-hydroxylation sites is 1. The van der Waals surface area contributed by atoms with Crippen molar-refractivity contribution >= 4 is 0 Å². The zero-order valence-corrected chi connectivity index (χ0v) is 14.4. The topological polar surface area (TPSA) is 59.2 Å². The first kappa shape index (κ1) is 17.5. The van der Waals surface area contributed by atoms with Gasteiger partial charge in [-0.2, -0.15) is 0 Å². The van der Waals surface area contributed by atoms with Gasteiger partial charge in [0, 0.05) is 19.3 Å². The van der Waals surface area contributed by atoms with Crippen LogP contribution in [0.2, 0.25) is 0 Å². The maximum Gasteiger partial charge on any atom is 0.276 e. The van der Waals surface area contributed by atoms with Crippen molar-refractivity contribution in [3.05, 3.63) is 51.9 Å². The highest BCUT2D eigenvalue weighted by atomic mass is 16.3. The third-order valence-corrected chi connectivity index (χ3v) is 4.21. The summed E-state index contributed by atoms with van der Waals surface area (Å²) in [4.78, 5) is 12.7. The van der Waals surface area contributed by atoms with Crippen LogP contribution in [0.4, 0.5) is 0 Å². The van der Waals surface area contributed by atoms with Gasteiger partial charge in [-0.3, -0.25) is 9.48 Å². The van der Waals surface area contributed by atoms with Crippen molar-refractivity contribution < 1.29 is 5.11 Å². The standard InChI is InChI=1S/C18H27N3O2/c1-13(10-14(2)22)11-19-12-17-15(3)20(4)21(18(17)23)16-8-6-5-7-9-16/h5-9,13-14,19,22H,10-12H2,1-4H3. The lowest BCUT2D eigenvalue weighted by atomic mass is 10.0. The second-order valence-corrected chi connectivity index (χ2v) is 6.36. The molecular formula is C18H27N3O2. The predicted octanol–water partition coefficient (Wildman–Crippen LogP) is 1.98. The lowest BCUT2D eigenvalue weighted by Crippen LogP contribution is -2.27. The molecule has 0 saturated carbocycles. The molecule has 0 fully saturated rings. The molecule has 0 amide bonds. The van der Waals surface area contributed by atoms with E-state index in [9.17, 15) is 9.90 Å². The highest BCUT2D eigenvalue weighted by Gasteiger charge is 2.16. The van der Waals surface area contributed by atoms with Crippen LogP contribution >= 0.6 is 0 Å². The molecule has 2 unspecified atom stereocenters. The summed E-state index contributed by atoms with van der Waals surface area (Å²) in [5, 5.41) is 12.8. The molecule has 0 spiro atoms. The van der Waals surface area contributed by atoms with Crippen molar-refractivity contribution in [1.29, 1.82) is 0 Å². The van der Waals surface area contributed by atoms with Gasteiger partial charge in [-0.05, 0) is 44.9 Å². The molecule has 5 nitrogen and oxygen atoms in total. The number of nitrogens with one attached hydrogen (secondary N) is 1. The molecule has 0 aliphatic rings. The fraction of sp³-hybridized carbons (Fsp3) is 0.500. The molecule has 1 aromatic heterocycles. The van der Waals surface area contributed by atoms with Gasteiger partial charge < -0.3 is 10.4 Å². The number of aliphatic hydroxyl groups is 1. The quantitative estimate of drug-likeness (QED) is 0.821. The Morgan fingerprint density at radius 1 is 1.22 bits per heavy atom. The summed E-state index contributed by atoms with van der Waals surface area (Å²) >= 11 is 0. The fourth-order valence-corrected chi connectivity index (χ4v) is 2.94. The summed E-state index contributed by atoms with van der Waals surface area (Å²) in [5.41, 5.74) is 2.65. The minimum absolute atomic E-state index is 0.0203. The Morgan fingerprint density at radius 2 is 1.87 bits per heavy atom. The monoisotopic (exact) mass is 317 g/mol. The molecule has 2 aromatic rings. The van der Waals surface area contributed by atoms with Crippen LogP contribution in [0.15, 0.2) is 35.1 Å². The van der Waals surface area contributed by atoms with Gasteiger partial charge in [0.15, 0.2) is 0 Å². The van der Waals surface area contributed by atoms with Crippen LogP contribution in [0.25, 0.3) is 5.69 Å². The number of hydrogen-bond acceptors (Lipinski definition) is 3. The smallest absolute Gasteiger partial charge is 0.276 e. The van der Waals surface area contributed by atoms with E-state index in [1.807, 2.05) is 49.0 Å². The minimum atomic E-state index is -0.291. The first-order chi connectivity index (χ1) is 10.9. The van der Waals surface area contributed by atoms with Crippen LogP contribution in [-0.4, -0.2) is 27.1 Å². The van der Waals surface area contributed by atoms with E-state index in [1.165, 1.54) is 0 Å². The molecule has 1 aromatic carbocycles. The first-order valence-corrected chi connectivity index (χ1v) is 8.13. The Labute approximate surface area is 137 Å². The number of nitrogens with zero attached hydrogens (tertiary/aromatic N) is 2. The van der Waals surface area contributed by atoms with Crippen LogP contribution in [0.1, 0.15) is 31.5 Å². The largest absolute Gasteiger partial charge is 0.393 e. The van der Waals surface area contributed by atoms with E-state index >= 15 is 0 Å². The van der Waals surface area contributed by atoms with Crippen LogP contribution in [-0.2, 0) is 13.6 Å². The molecule has 1 heterocycles. The zero-order valence-electron chi connectivity index (χ0n) is 14.4. The predicted molar refractivity (Wildman–Crippen MR) is 92.9 cm³/mol. The van der Waals surface area contributed by atoms with Crippen molar-refractivity contribution in [2.24, 2.45) is 13.0 Å². The second kappa shape index (κ2) is 7.62. The molecule has 23 heavy (non-hydrogen) atoms. The number of benzene rings is 1. The maximum absolute atomic E-state index is 12.7. The van der Waals surface area contributed by atoms with Gasteiger partial charge in [0.1, 0.15) is 0 Å². The van der Waals surface area contributed by atoms with Crippen LogP contribution < -0.4 is 10.9 Å². The fourth-order valence-electron chi connectivity index (χ4n) is 2.94. The molecule has 0 aliphatic carbocycles. The number of aromatic nitrogens is 2. The molecule has 5 heteroatoms. The molecule has 0 aliphatic heterocycles. The van der Waals surface area contributed by atoms with E-state index < -0.39 is 0 Å². The normalized spacial score (nSPS) is 14.0. The van der Waals surface area contributed by atoms with E-state index in [4.69, 9.17) is 0 Å². The van der Waals surface area contributed by atoms with E-state index in [2.05, 4.69) is 12.2 Å². The Hall–Kier alpha value is -1.85. The zero-order chi connectivity index (χ0) is 17.0. The summed E-state index contributed by atoms with van der Waals surface area (Å²) in [7, 11) is 1.91. The van der Waals surface area contributed by atoms with Crippen LogP contribution in [0.5, 0.6) is 0 Å². The highest BCUT2D eigenvalue weighted by Crippen LogP contribution is 2.10. The van der Waals surface area contributed by atoms with Crippen molar-refractivity contribution in [2.45, 2.75) is 39.8 Å². The summed E-state index contributed by atoms with van der Waals surface area (Å²) in [6.07, 6.45) is 0.468. The van der Waals surface area contributed by atoms with E-state index in [0.717, 1.165) is 29.9 Å². The highest BCUT2D eigenvalue weighted by molar-refractivity contribution is 5.33. The lowest BCUT2D eigenvalue weighted by Gasteiger charge is -2.13. The minimum Gasteiger partial charge on any atom is -0.393 e. The van der Waals surface area contributed by atoms with E-state index in [0.29, 0.717) is 12.5 Å². The maximum atomic E-state index is 12.7. The molecule has 2 N–H and O–H groups in total.